The lowest BCUT2D eigenvalue weighted by atomic mass is 9.95. The molecule has 31 heavy (non-hydrogen) atoms. The van der Waals surface area contributed by atoms with Crippen LogP contribution in [0.3, 0.4) is 0 Å². The lowest BCUT2D eigenvalue weighted by Gasteiger charge is -2.21. The number of carbonyl (C=O) groups is 1. The van der Waals surface area contributed by atoms with Crippen LogP contribution < -0.4 is 16.2 Å². The van der Waals surface area contributed by atoms with E-state index in [-0.39, 0.29) is 16.2 Å². The van der Waals surface area contributed by atoms with E-state index in [1.165, 1.54) is 18.3 Å². The van der Waals surface area contributed by atoms with Gasteiger partial charge in [-0.2, -0.15) is 4.99 Å². The average molecular weight is 443 g/mol. The van der Waals surface area contributed by atoms with Crippen LogP contribution in [0.2, 0.25) is 0 Å². The van der Waals surface area contributed by atoms with Crippen LogP contribution in [-0.2, 0) is 15.4 Å². The summed E-state index contributed by atoms with van der Waals surface area (Å²) in [5, 5.41) is 10.7. The second-order valence-corrected chi connectivity index (χ2v) is 8.90. The number of hydrogen-bond acceptors (Lipinski definition) is 6. The van der Waals surface area contributed by atoms with Crippen molar-refractivity contribution in [3.8, 4) is 11.5 Å². The number of ether oxygens (including phenoxy) is 1. The number of sulfone groups is 1. The number of guanidine groups is 1. The monoisotopic (exact) mass is 443 g/mol. The fourth-order valence-corrected chi connectivity index (χ4v) is 3.66. The Hall–Kier alpha value is -3.70. The number of nitrogens with one attached hydrogen (secondary N) is 1. The number of carbonyl (C=O) groups excluding carboxylic acids is 1. The quantitative estimate of drug-likeness (QED) is 0.325. The second-order valence-electron chi connectivity index (χ2n) is 6.91. The first kappa shape index (κ1) is 22.0. The van der Waals surface area contributed by atoms with Gasteiger partial charge in [0.15, 0.2) is 15.8 Å². The van der Waals surface area contributed by atoms with Crippen LogP contribution in [0.1, 0.15) is 28.7 Å². The van der Waals surface area contributed by atoms with Crippen LogP contribution in [0.15, 0.2) is 64.7 Å². The van der Waals surface area contributed by atoms with Crippen molar-refractivity contribution in [1.82, 2.24) is 9.97 Å². The van der Waals surface area contributed by atoms with Crippen molar-refractivity contribution in [1.29, 1.82) is 0 Å². The lowest BCUT2D eigenvalue weighted by molar-refractivity contribution is 0.0931. The first-order valence-corrected chi connectivity index (χ1v) is 10.9. The summed E-state index contributed by atoms with van der Waals surface area (Å²) in [7, 11) is -3.74. The van der Waals surface area contributed by atoms with Crippen LogP contribution in [-0.4, -0.2) is 41.6 Å². The molecule has 0 aliphatic rings. The van der Waals surface area contributed by atoms with E-state index in [9.17, 15) is 18.3 Å². The maximum Gasteiger partial charge on any atom is 0.280 e. The maximum absolute atomic E-state index is 12.2. The van der Waals surface area contributed by atoms with Crippen molar-refractivity contribution in [3.63, 3.8) is 0 Å². The van der Waals surface area contributed by atoms with Crippen LogP contribution in [0.25, 0.3) is 0 Å². The molecule has 2 aromatic carbocycles. The zero-order chi connectivity index (χ0) is 22.8. The molecule has 0 saturated heterocycles. The van der Waals surface area contributed by atoms with Crippen LogP contribution in [0.4, 0.5) is 0 Å². The summed E-state index contributed by atoms with van der Waals surface area (Å²) in [5.41, 5.74) is 9.59. The highest BCUT2D eigenvalue weighted by Gasteiger charge is 2.28. The molecule has 11 heteroatoms. The number of imidazole rings is 1. The third-order valence-electron chi connectivity index (χ3n) is 4.42. The van der Waals surface area contributed by atoms with Gasteiger partial charge in [0, 0.05) is 24.2 Å². The number of benzene rings is 2. The zero-order valence-electron chi connectivity index (χ0n) is 16.7. The summed E-state index contributed by atoms with van der Waals surface area (Å²) in [6.45, 7) is 1.59. The van der Waals surface area contributed by atoms with E-state index in [1.54, 1.807) is 37.4 Å². The Kier molecular flexibility index (Phi) is 5.82. The van der Waals surface area contributed by atoms with E-state index in [4.69, 9.17) is 16.2 Å². The van der Waals surface area contributed by atoms with Gasteiger partial charge in [-0.1, -0.05) is 12.1 Å². The molecule has 1 unspecified atom stereocenters. The summed E-state index contributed by atoms with van der Waals surface area (Å²) in [6, 6.07) is 10.3. The summed E-state index contributed by atoms with van der Waals surface area (Å²) < 4.78 is 30.2. The largest absolute Gasteiger partial charge is 0.456 e. The Bertz CT molecular complexity index is 1230. The van der Waals surface area contributed by atoms with E-state index >= 15 is 0 Å². The third kappa shape index (κ3) is 4.90. The van der Waals surface area contributed by atoms with Crippen LogP contribution >= 0.6 is 0 Å². The molecule has 6 N–H and O–H groups in total. The number of hydrogen-bond donors (Lipinski definition) is 4. The van der Waals surface area contributed by atoms with Gasteiger partial charge < -0.3 is 26.3 Å². The zero-order valence-corrected chi connectivity index (χ0v) is 17.6. The second kappa shape index (κ2) is 8.20. The van der Waals surface area contributed by atoms with Crippen LogP contribution in [0, 0.1) is 0 Å². The summed E-state index contributed by atoms with van der Waals surface area (Å²) in [5.74, 6) is -0.485. The Morgan fingerprint density at radius 1 is 1.19 bits per heavy atom. The minimum atomic E-state index is -3.74. The Labute approximate surface area is 178 Å². The molecule has 0 saturated carbocycles. The number of nitrogens with zero attached hydrogens (tertiary/aromatic N) is 2. The molecule has 1 amide bonds. The molecule has 1 aromatic heterocycles. The highest BCUT2D eigenvalue weighted by atomic mass is 32.2. The summed E-state index contributed by atoms with van der Waals surface area (Å²) in [6.07, 6.45) is 4.14. The van der Waals surface area contributed by atoms with Crippen molar-refractivity contribution in [2.75, 3.05) is 6.26 Å². The van der Waals surface area contributed by atoms with Crippen molar-refractivity contribution >= 4 is 21.7 Å². The summed E-state index contributed by atoms with van der Waals surface area (Å²) in [4.78, 5) is 22.2. The highest BCUT2D eigenvalue weighted by molar-refractivity contribution is 7.90. The molecular weight excluding hydrogens is 422 g/mol. The first-order chi connectivity index (χ1) is 14.5. The molecule has 3 rings (SSSR count). The Morgan fingerprint density at radius 3 is 2.42 bits per heavy atom. The number of aromatic nitrogens is 2. The standard InChI is InChI=1S/C20H21N5O5S/c1-20(27,18-23-9-10-24-18)13-4-6-14(7-5-13)30-15-8-3-12(17(26)25-19(21)22)11-16(15)31(2,28)29/h3-11,27H,1-2H3,(H,23,24)(H4,21,22,25,26). The predicted octanol–water partition coefficient (Wildman–Crippen LogP) is 1.27. The van der Waals surface area contributed by atoms with Crippen molar-refractivity contribution in [2.45, 2.75) is 17.4 Å². The van der Waals surface area contributed by atoms with Gasteiger partial charge in [0.2, 0.25) is 0 Å². The van der Waals surface area contributed by atoms with Gasteiger partial charge in [-0.05, 0) is 42.8 Å². The molecule has 0 radical (unpaired) electrons. The molecule has 3 aromatic rings. The molecule has 162 valence electrons. The summed E-state index contributed by atoms with van der Waals surface area (Å²) >= 11 is 0. The smallest absolute Gasteiger partial charge is 0.280 e. The molecule has 1 atom stereocenters. The number of aromatic amines is 1. The fourth-order valence-electron chi connectivity index (χ4n) is 2.84. The van der Waals surface area contributed by atoms with Crippen molar-refractivity contribution < 1.29 is 23.1 Å². The Balaban J connectivity index is 1.92. The Morgan fingerprint density at radius 2 is 1.87 bits per heavy atom. The maximum atomic E-state index is 12.2. The van der Waals surface area contributed by atoms with E-state index in [0.717, 1.165) is 12.3 Å². The first-order valence-electron chi connectivity index (χ1n) is 8.97. The topological polar surface area (TPSA) is 174 Å². The molecule has 0 fully saturated rings. The van der Waals surface area contributed by atoms with E-state index in [2.05, 4.69) is 15.0 Å². The molecule has 0 aliphatic carbocycles. The van der Waals surface area contributed by atoms with E-state index < -0.39 is 27.3 Å². The highest BCUT2D eigenvalue weighted by Crippen LogP contribution is 2.32. The normalized spacial score (nSPS) is 13.3. The van der Waals surface area contributed by atoms with Gasteiger partial charge in [-0.15, -0.1) is 0 Å². The minimum Gasteiger partial charge on any atom is -0.456 e. The van der Waals surface area contributed by atoms with E-state index in [1.807, 2.05) is 0 Å². The molecular formula is C20H21N5O5S. The minimum absolute atomic E-state index is 0.00832. The molecule has 10 nitrogen and oxygen atoms in total. The number of aliphatic imine (C=N–C) groups is 1. The average Bonchev–Trinajstić information content (AvgIpc) is 3.23. The van der Waals surface area contributed by atoms with Gasteiger partial charge >= 0.3 is 0 Å². The molecule has 0 spiro atoms. The van der Waals surface area contributed by atoms with Crippen LogP contribution in [0.5, 0.6) is 11.5 Å². The molecule has 1 heterocycles. The SMILES string of the molecule is CC(O)(c1ccc(Oc2ccc(C(=O)N=C(N)N)cc2S(C)(=O)=O)cc1)c1ncc[nH]1. The van der Waals surface area contributed by atoms with Crippen molar-refractivity contribution in [3.05, 3.63) is 71.8 Å². The van der Waals surface area contributed by atoms with Crippen molar-refractivity contribution in [2.24, 2.45) is 16.5 Å². The number of aliphatic hydroxyl groups is 1. The lowest BCUT2D eigenvalue weighted by Crippen LogP contribution is -2.24. The number of amides is 1. The molecule has 0 bridgehead atoms. The van der Waals surface area contributed by atoms with Gasteiger partial charge in [0.1, 0.15) is 27.8 Å². The predicted molar refractivity (Wildman–Crippen MR) is 113 cm³/mol. The van der Waals surface area contributed by atoms with Gasteiger partial charge in [-0.3, -0.25) is 4.79 Å². The number of rotatable bonds is 6. The number of H-pyrrole nitrogens is 1. The third-order valence-corrected chi connectivity index (χ3v) is 5.54. The molecule has 0 aliphatic heterocycles. The van der Waals surface area contributed by atoms with E-state index in [0.29, 0.717) is 17.1 Å². The van der Waals surface area contributed by atoms with Gasteiger partial charge in [0.05, 0.1) is 0 Å². The van der Waals surface area contributed by atoms with Gasteiger partial charge in [-0.25, -0.2) is 13.4 Å². The van der Waals surface area contributed by atoms with Gasteiger partial charge in [0.25, 0.3) is 5.91 Å². The fraction of sp³-hybridized carbons (Fsp3) is 0.150. The number of nitrogens with two attached hydrogens (primary N) is 2.